The van der Waals surface area contributed by atoms with Crippen molar-refractivity contribution in [3.05, 3.63) is 24.3 Å². The van der Waals surface area contributed by atoms with Gasteiger partial charge in [0, 0.05) is 4.90 Å². The summed E-state index contributed by atoms with van der Waals surface area (Å²) in [6.07, 6.45) is -0.559. The van der Waals surface area contributed by atoms with Crippen LogP contribution in [0.1, 0.15) is 20.8 Å². The van der Waals surface area contributed by atoms with Crippen LogP contribution in [0.25, 0.3) is 0 Å². The van der Waals surface area contributed by atoms with Crippen LogP contribution in [-0.4, -0.2) is 28.5 Å². The van der Waals surface area contributed by atoms with Crippen molar-refractivity contribution in [1.29, 1.82) is 0 Å². The average Bonchev–Trinajstić information content (AvgIpc) is 2.25. The van der Waals surface area contributed by atoms with Crippen molar-refractivity contribution in [2.75, 3.05) is 11.1 Å². The molecule has 0 aliphatic rings. The van der Waals surface area contributed by atoms with Crippen LogP contribution in [0.3, 0.4) is 0 Å². The molecule has 0 saturated heterocycles. The van der Waals surface area contributed by atoms with Crippen molar-refractivity contribution in [3.8, 4) is 0 Å². The number of rotatable bonds is 4. The fourth-order valence-corrected chi connectivity index (χ4v) is 1.98. The molecule has 0 fully saturated rings. The molecule has 6 heteroatoms. The normalized spacial score (nSPS) is 10.9. The van der Waals surface area contributed by atoms with Gasteiger partial charge in [-0.15, -0.1) is 11.8 Å². The lowest BCUT2D eigenvalue weighted by Gasteiger charge is -2.20. The first-order chi connectivity index (χ1) is 8.78. The van der Waals surface area contributed by atoms with Crippen LogP contribution in [0.5, 0.6) is 0 Å². The van der Waals surface area contributed by atoms with Crippen molar-refractivity contribution in [3.63, 3.8) is 0 Å². The minimum Gasteiger partial charge on any atom is -0.481 e. The number of hydrogen-bond donors (Lipinski definition) is 2. The third kappa shape index (κ3) is 6.15. The van der Waals surface area contributed by atoms with Gasteiger partial charge in [-0.3, -0.25) is 10.1 Å². The summed E-state index contributed by atoms with van der Waals surface area (Å²) in [6, 6.07) is 7.00. The Morgan fingerprint density at radius 3 is 2.53 bits per heavy atom. The van der Waals surface area contributed by atoms with Gasteiger partial charge in [0.25, 0.3) is 0 Å². The summed E-state index contributed by atoms with van der Waals surface area (Å²) < 4.78 is 5.15. The minimum atomic E-state index is -0.905. The molecule has 0 aromatic heterocycles. The molecule has 0 unspecified atom stereocenters. The number of benzene rings is 1. The molecule has 1 amide bonds. The van der Waals surface area contributed by atoms with E-state index in [0.717, 1.165) is 11.8 Å². The zero-order chi connectivity index (χ0) is 14.5. The number of carboxylic acid groups (broad SMARTS) is 1. The Hall–Kier alpha value is -1.69. The van der Waals surface area contributed by atoms with E-state index in [0.29, 0.717) is 10.6 Å². The van der Waals surface area contributed by atoms with Crippen LogP contribution >= 0.6 is 11.8 Å². The summed E-state index contributed by atoms with van der Waals surface area (Å²) >= 11 is 1.15. The van der Waals surface area contributed by atoms with E-state index in [1.165, 1.54) is 0 Å². The quantitative estimate of drug-likeness (QED) is 0.830. The first-order valence-electron chi connectivity index (χ1n) is 5.71. The smallest absolute Gasteiger partial charge is 0.412 e. The summed E-state index contributed by atoms with van der Waals surface area (Å²) in [5.74, 6) is -0.968. The van der Waals surface area contributed by atoms with Crippen molar-refractivity contribution in [2.24, 2.45) is 0 Å². The number of carbonyl (C=O) groups excluding carboxylic acids is 1. The lowest BCUT2D eigenvalue weighted by atomic mass is 10.2. The highest BCUT2D eigenvalue weighted by Gasteiger charge is 2.17. The van der Waals surface area contributed by atoms with Gasteiger partial charge in [-0.2, -0.15) is 0 Å². The van der Waals surface area contributed by atoms with Gasteiger partial charge in [-0.25, -0.2) is 4.79 Å². The molecule has 5 nitrogen and oxygen atoms in total. The Kier molecular flexibility index (Phi) is 5.23. The third-order valence-electron chi connectivity index (χ3n) is 1.87. The van der Waals surface area contributed by atoms with Crippen LogP contribution in [0.15, 0.2) is 29.2 Å². The highest BCUT2D eigenvalue weighted by Crippen LogP contribution is 2.27. The fourth-order valence-electron chi connectivity index (χ4n) is 1.25. The maximum Gasteiger partial charge on any atom is 0.412 e. The number of nitrogens with one attached hydrogen (secondary N) is 1. The molecule has 19 heavy (non-hydrogen) atoms. The molecule has 1 rings (SSSR count). The van der Waals surface area contributed by atoms with Gasteiger partial charge >= 0.3 is 12.1 Å². The van der Waals surface area contributed by atoms with Gasteiger partial charge in [0.05, 0.1) is 11.4 Å². The summed E-state index contributed by atoms with van der Waals surface area (Å²) in [5, 5.41) is 11.3. The molecule has 104 valence electrons. The maximum absolute atomic E-state index is 11.7. The highest BCUT2D eigenvalue weighted by atomic mass is 32.2. The number of thioether (sulfide) groups is 1. The second kappa shape index (κ2) is 6.47. The van der Waals surface area contributed by atoms with E-state index in [9.17, 15) is 9.59 Å². The molecule has 0 aliphatic carbocycles. The van der Waals surface area contributed by atoms with E-state index in [1.807, 2.05) is 0 Å². The molecule has 1 aromatic carbocycles. The summed E-state index contributed by atoms with van der Waals surface area (Å²) in [7, 11) is 0. The molecule has 0 heterocycles. The molecular weight excluding hydrogens is 266 g/mol. The SMILES string of the molecule is CC(C)(C)OC(=O)Nc1ccccc1SCC(=O)O. The third-order valence-corrected chi connectivity index (χ3v) is 2.93. The van der Waals surface area contributed by atoms with Gasteiger partial charge in [-0.05, 0) is 32.9 Å². The van der Waals surface area contributed by atoms with Crippen LogP contribution in [0.4, 0.5) is 10.5 Å². The van der Waals surface area contributed by atoms with Crippen LogP contribution < -0.4 is 5.32 Å². The average molecular weight is 283 g/mol. The van der Waals surface area contributed by atoms with Crippen LogP contribution in [-0.2, 0) is 9.53 Å². The summed E-state index contributed by atoms with van der Waals surface area (Å²) in [6.45, 7) is 5.33. The Bertz CT molecular complexity index is 468. The second-order valence-corrected chi connectivity index (χ2v) is 5.82. The van der Waals surface area contributed by atoms with E-state index >= 15 is 0 Å². The molecule has 0 spiro atoms. The first kappa shape index (κ1) is 15.4. The van der Waals surface area contributed by atoms with Crippen molar-refractivity contribution in [2.45, 2.75) is 31.3 Å². The van der Waals surface area contributed by atoms with Gasteiger partial charge in [-0.1, -0.05) is 12.1 Å². The Balaban J connectivity index is 2.72. The maximum atomic E-state index is 11.7. The molecule has 2 N–H and O–H groups in total. The first-order valence-corrected chi connectivity index (χ1v) is 6.70. The van der Waals surface area contributed by atoms with Crippen molar-refractivity contribution in [1.82, 2.24) is 0 Å². The standard InChI is InChI=1S/C13H17NO4S/c1-13(2,3)18-12(17)14-9-6-4-5-7-10(9)19-8-11(15)16/h4-7H,8H2,1-3H3,(H,14,17)(H,15,16). The lowest BCUT2D eigenvalue weighted by molar-refractivity contribution is -0.133. The predicted octanol–water partition coefficient (Wildman–Crippen LogP) is 3.21. The number of aliphatic carboxylic acids is 1. The van der Waals surface area contributed by atoms with Gasteiger partial charge in [0.1, 0.15) is 5.60 Å². The second-order valence-electron chi connectivity index (χ2n) is 4.81. The number of carbonyl (C=O) groups is 2. The predicted molar refractivity (Wildman–Crippen MR) is 74.7 cm³/mol. The Labute approximate surface area is 116 Å². The number of anilines is 1. The monoisotopic (exact) mass is 283 g/mol. The number of para-hydroxylation sites is 1. The van der Waals surface area contributed by atoms with E-state index in [4.69, 9.17) is 9.84 Å². The number of hydrogen-bond acceptors (Lipinski definition) is 4. The Morgan fingerprint density at radius 1 is 1.32 bits per heavy atom. The number of carboxylic acids is 1. The van der Waals surface area contributed by atoms with Crippen molar-refractivity contribution < 1.29 is 19.4 Å². The van der Waals surface area contributed by atoms with E-state index in [2.05, 4.69) is 5.32 Å². The molecule has 0 aliphatic heterocycles. The van der Waals surface area contributed by atoms with Crippen LogP contribution in [0.2, 0.25) is 0 Å². The molecule has 1 aromatic rings. The minimum absolute atomic E-state index is 0.0625. The molecule has 0 bridgehead atoms. The lowest BCUT2D eigenvalue weighted by Crippen LogP contribution is -2.27. The van der Waals surface area contributed by atoms with Gasteiger partial charge in [0.2, 0.25) is 0 Å². The van der Waals surface area contributed by atoms with Crippen LogP contribution in [0, 0.1) is 0 Å². The highest BCUT2D eigenvalue weighted by molar-refractivity contribution is 8.00. The topological polar surface area (TPSA) is 75.6 Å². The molecular formula is C13H17NO4S. The van der Waals surface area contributed by atoms with Gasteiger partial charge < -0.3 is 9.84 Å². The van der Waals surface area contributed by atoms with E-state index in [-0.39, 0.29) is 5.75 Å². The Morgan fingerprint density at radius 2 is 1.95 bits per heavy atom. The van der Waals surface area contributed by atoms with Crippen molar-refractivity contribution >= 4 is 29.5 Å². The fraction of sp³-hybridized carbons (Fsp3) is 0.385. The molecule has 0 radical (unpaired) electrons. The summed E-state index contributed by atoms with van der Waals surface area (Å²) in [5.41, 5.74) is -0.0317. The number of ether oxygens (including phenoxy) is 1. The molecule has 0 atom stereocenters. The number of amides is 1. The largest absolute Gasteiger partial charge is 0.481 e. The van der Waals surface area contributed by atoms with E-state index < -0.39 is 17.7 Å². The zero-order valence-electron chi connectivity index (χ0n) is 11.1. The van der Waals surface area contributed by atoms with E-state index in [1.54, 1.807) is 45.0 Å². The molecule has 0 saturated carbocycles. The summed E-state index contributed by atoms with van der Waals surface area (Å²) in [4.78, 5) is 22.9. The van der Waals surface area contributed by atoms with Gasteiger partial charge in [0.15, 0.2) is 0 Å². The zero-order valence-corrected chi connectivity index (χ0v) is 11.9.